The second kappa shape index (κ2) is 2.87. The summed E-state index contributed by atoms with van der Waals surface area (Å²) in [7, 11) is 1.66. The molecule has 1 aliphatic heterocycles. The van der Waals surface area contributed by atoms with Crippen LogP contribution in [0.15, 0.2) is 0 Å². The van der Waals surface area contributed by atoms with Crippen molar-refractivity contribution in [2.75, 3.05) is 20.1 Å². The molecule has 1 N–H and O–H groups in total. The van der Waals surface area contributed by atoms with Crippen LogP contribution in [0.3, 0.4) is 0 Å². The number of hydrogen-bond donors (Lipinski definition) is 1. The van der Waals surface area contributed by atoms with Gasteiger partial charge in [0, 0.05) is 13.6 Å². The van der Waals surface area contributed by atoms with E-state index >= 15 is 0 Å². The van der Waals surface area contributed by atoms with Gasteiger partial charge in [-0.25, -0.2) is 9.80 Å². The average molecular weight is 157 g/mol. The molecule has 1 aliphatic rings. The fourth-order valence-corrected chi connectivity index (χ4v) is 0.985. The van der Waals surface area contributed by atoms with Crippen LogP contribution in [-0.2, 0) is 4.79 Å². The van der Waals surface area contributed by atoms with E-state index in [9.17, 15) is 9.59 Å². The first-order valence-corrected chi connectivity index (χ1v) is 3.47. The molecule has 62 valence electrons. The summed E-state index contributed by atoms with van der Waals surface area (Å²) in [6, 6.07) is -0.341. The molecular weight excluding hydrogens is 146 g/mol. The zero-order chi connectivity index (χ0) is 8.43. The molecule has 0 aromatic rings. The summed E-state index contributed by atoms with van der Waals surface area (Å²) in [5, 5.41) is 1.47. The fourth-order valence-electron chi connectivity index (χ4n) is 0.985. The van der Waals surface area contributed by atoms with Gasteiger partial charge in [0.15, 0.2) is 0 Å². The van der Waals surface area contributed by atoms with Gasteiger partial charge in [-0.1, -0.05) is 0 Å². The minimum Gasteiger partial charge on any atom is -0.273 e. The zero-order valence-electron chi connectivity index (χ0n) is 6.63. The highest BCUT2D eigenvalue weighted by Crippen LogP contribution is 1.98. The third-order valence-electron chi connectivity index (χ3n) is 1.52. The molecule has 0 aromatic carbocycles. The SMILES string of the molecule is CCN1C(=O)CN(C)NC1=O. The molecule has 0 saturated carbocycles. The molecule has 5 heteroatoms. The average Bonchev–Trinajstić information content (AvgIpc) is 1.85. The largest absolute Gasteiger partial charge is 0.338 e. The molecule has 0 bridgehead atoms. The summed E-state index contributed by atoms with van der Waals surface area (Å²) >= 11 is 0. The second-order valence-corrected chi connectivity index (χ2v) is 2.41. The van der Waals surface area contributed by atoms with Gasteiger partial charge in [-0.15, -0.1) is 0 Å². The van der Waals surface area contributed by atoms with Crippen LogP contribution in [0.2, 0.25) is 0 Å². The topological polar surface area (TPSA) is 52.7 Å². The van der Waals surface area contributed by atoms with E-state index in [0.29, 0.717) is 6.54 Å². The van der Waals surface area contributed by atoms with Crippen LogP contribution in [0.25, 0.3) is 0 Å². The van der Waals surface area contributed by atoms with E-state index in [1.54, 1.807) is 14.0 Å². The van der Waals surface area contributed by atoms with E-state index in [4.69, 9.17) is 0 Å². The van der Waals surface area contributed by atoms with Crippen molar-refractivity contribution < 1.29 is 9.59 Å². The molecule has 11 heavy (non-hydrogen) atoms. The quantitative estimate of drug-likeness (QED) is 0.553. The summed E-state index contributed by atoms with van der Waals surface area (Å²) in [5.74, 6) is -0.154. The van der Waals surface area contributed by atoms with Crippen molar-refractivity contribution >= 4 is 11.9 Å². The van der Waals surface area contributed by atoms with Crippen molar-refractivity contribution in [2.24, 2.45) is 0 Å². The van der Waals surface area contributed by atoms with Crippen molar-refractivity contribution in [1.82, 2.24) is 15.3 Å². The monoisotopic (exact) mass is 157 g/mol. The standard InChI is InChI=1S/C6H11N3O2/c1-3-9-5(10)4-8(2)7-6(9)11/h3-4H2,1-2H3,(H,7,11). The Bertz CT molecular complexity index is 174. The van der Waals surface area contributed by atoms with Gasteiger partial charge in [-0.05, 0) is 6.92 Å². The number of likely N-dealkylation sites (N-methyl/N-ethyl adjacent to an activating group) is 2. The summed E-state index contributed by atoms with van der Waals surface area (Å²) < 4.78 is 0. The smallest absolute Gasteiger partial charge is 0.273 e. The maximum atomic E-state index is 11.1. The molecule has 1 saturated heterocycles. The molecule has 1 fully saturated rings. The van der Waals surface area contributed by atoms with E-state index in [0.717, 1.165) is 0 Å². The Morgan fingerprint density at radius 2 is 2.18 bits per heavy atom. The van der Waals surface area contributed by atoms with Gasteiger partial charge in [-0.3, -0.25) is 15.1 Å². The van der Waals surface area contributed by atoms with E-state index in [2.05, 4.69) is 5.43 Å². The highest BCUT2D eigenvalue weighted by Gasteiger charge is 2.26. The van der Waals surface area contributed by atoms with Crippen LogP contribution in [0.5, 0.6) is 0 Å². The number of hydrazine groups is 1. The molecule has 0 atom stereocenters. The first kappa shape index (κ1) is 8.00. The van der Waals surface area contributed by atoms with Gasteiger partial charge < -0.3 is 0 Å². The summed E-state index contributed by atoms with van der Waals surface area (Å²) in [6.07, 6.45) is 0. The first-order chi connectivity index (χ1) is 5.15. The molecule has 1 heterocycles. The molecule has 0 spiro atoms. The van der Waals surface area contributed by atoms with Crippen molar-refractivity contribution in [3.8, 4) is 0 Å². The Balaban J connectivity index is 2.67. The first-order valence-electron chi connectivity index (χ1n) is 3.47. The third-order valence-corrected chi connectivity index (χ3v) is 1.52. The highest BCUT2D eigenvalue weighted by atomic mass is 16.2. The lowest BCUT2D eigenvalue weighted by Crippen LogP contribution is -2.58. The number of amides is 3. The number of urea groups is 1. The summed E-state index contributed by atoms with van der Waals surface area (Å²) in [4.78, 5) is 23.2. The van der Waals surface area contributed by atoms with Crippen molar-refractivity contribution in [1.29, 1.82) is 0 Å². The van der Waals surface area contributed by atoms with E-state index < -0.39 is 0 Å². The predicted molar refractivity (Wildman–Crippen MR) is 38.5 cm³/mol. The lowest BCUT2D eigenvalue weighted by molar-refractivity contribution is -0.132. The van der Waals surface area contributed by atoms with Gasteiger partial charge >= 0.3 is 6.03 Å². The van der Waals surface area contributed by atoms with Crippen LogP contribution < -0.4 is 5.43 Å². The van der Waals surface area contributed by atoms with Crippen LogP contribution >= 0.6 is 0 Å². The molecule has 0 aliphatic carbocycles. The van der Waals surface area contributed by atoms with Crippen molar-refractivity contribution in [2.45, 2.75) is 6.92 Å². The van der Waals surface area contributed by atoms with Gasteiger partial charge in [0.1, 0.15) is 0 Å². The van der Waals surface area contributed by atoms with Gasteiger partial charge in [0.2, 0.25) is 5.91 Å². The lowest BCUT2D eigenvalue weighted by atomic mass is 10.4. The number of rotatable bonds is 1. The molecular formula is C6H11N3O2. The number of carbonyl (C=O) groups excluding carboxylic acids is 2. The van der Waals surface area contributed by atoms with E-state index in [1.165, 1.54) is 9.91 Å². The zero-order valence-corrected chi connectivity index (χ0v) is 6.63. The normalized spacial score (nSPS) is 20.4. The summed E-state index contributed by atoms with van der Waals surface area (Å²) in [5.41, 5.74) is 2.51. The Kier molecular flexibility index (Phi) is 2.09. The molecule has 1 rings (SSSR count). The van der Waals surface area contributed by atoms with Gasteiger partial charge in [0.25, 0.3) is 0 Å². The number of imide groups is 1. The summed E-state index contributed by atoms with van der Waals surface area (Å²) in [6.45, 7) is 2.45. The number of nitrogens with zero attached hydrogens (tertiary/aromatic N) is 2. The number of nitrogens with one attached hydrogen (secondary N) is 1. The Labute approximate surface area is 64.9 Å². The molecule has 0 aromatic heterocycles. The van der Waals surface area contributed by atoms with Crippen LogP contribution in [0.4, 0.5) is 4.79 Å². The molecule has 3 amide bonds. The lowest BCUT2D eigenvalue weighted by Gasteiger charge is -2.30. The third kappa shape index (κ3) is 1.48. The van der Waals surface area contributed by atoms with Gasteiger partial charge in [0.05, 0.1) is 6.54 Å². The highest BCUT2D eigenvalue weighted by molar-refractivity contribution is 5.97. The molecule has 0 radical (unpaired) electrons. The number of hydrogen-bond acceptors (Lipinski definition) is 3. The number of carbonyl (C=O) groups is 2. The van der Waals surface area contributed by atoms with Gasteiger partial charge in [-0.2, -0.15) is 0 Å². The predicted octanol–water partition coefficient (Wildman–Crippen LogP) is -0.595. The Morgan fingerprint density at radius 1 is 1.55 bits per heavy atom. The second-order valence-electron chi connectivity index (χ2n) is 2.41. The minimum absolute atomic E-state index is 0.154. The maximum Gasteiger partial charge on any atom is 0.338 e. The maximum absolute atomic E-state index is 11.1. The van der Waals surface area contributed by atoms with E-state index in [-0.39, 0.29) is 18.5 Å². The van der Waals surface area contributed by atoms with E-state index in [1.807, 2.05) is 0 Å². The van der Waals surface area contributed by atoms with Crippen LogP contribution in [0, 0.1) is 0 Å². The van der Waals surface area contributed by atoms with Crippen molar-refractivity contribution in [3.05, 3.63) is 0 Å². The Hall–Kier alpha value is -1.10. The Morgan fingerprint density at radius 3 is 2.64 bits per heavy atom. The van der Waals surface area contributed by atoms with Crippen molar-refractivity contribution in [3.63, 3.8) is 0 Å². The molecule has 0 unspecified atom stereocenters. The fraction of sp³-hybridized carbons (Fsp3) is 0.667. The molecule has 5 nitrogen and oxygen atoms in total. The van der Waals surface area contributed by atoms with Crippen LogP contribution in [-0.4, -0.2) is 42.0 Å². The minimum atomic E-state index is -0.341. The van der Waals surface area contributed by atoms with Crippen LogP contribution in [0.1, 0.15) is 6.92 Å².